The number of hydrogen-bond donors (Lipinski definition) is 0. The van der Waals surface area contributed by atoms with E-state index in [4.69, 9.17) is 0 Å². The lowest BCUT2D eigenvalue weighted by Gasteiger charge is -2.23. The molecule has 2 fully saturated rings. The van der Waals surface area contributed by atoms with Gasteiger partial charge < -0.3 is 0 Å². The molecule has 0 N–H and O–H groups in total. The summed E-state index contributed by atoms with van der Waals surface area (Å²) in [6, 6.07) is 0. The highest BCUT2D eigenvalue weighted by Crippen LogP contribution is 2.50. The molecule has 0 atom stereocenters. The first kappa shape index (κ1) is 10.4. The van der Waals surface area contributed by atoms with E-state index in [9.17, 15) is 0 Å². The highest BCUT2D eigenvalue weighted by molar-refractivity contribution is 9.09. The third-order valence-electron chi connectivity index (χ3n) is 3.42. The molecule has 2 aliphatic carbocycles. The Morgan fingerprint density at radius 1 is 1.15 bits per heavy atom. The van der Waals surface area contributed by atoms with Crippen LogP contribution >= 0.6 is 27.7 Å². The van der Waals surface area contributed by atoms with Gasteiger partial charge >= 0.3 is 0 Å². The Hall–Kier alpha value is 0.830. The van der Waals surface area contributed by atoms with Crippen LogP contribution in [0, 0.1) is 5.41 Å². The maximum atomic E-state index is 3.65. The molecule has 0 amide bonds. The molecule has 0 spiro atoms. The Morgan fingerprint density at radius 2 is 1.85 bits per heavy atom. The van der Waals surface area contributed by atoms with Gasteiger partial charge in [0.15, 0.2) is 0 Å². The van der Waals surface area contributed by atoms with Crippen LogP contribution in [-0.2, 0) is 0 Å². The van der Waals surface area contributed by atoms with E-state index < -0.39 is 0 Å². The van der Waals surface area contributed by atoms with Gasteiger partial charge in [0.05, 0.1) is 0 Å². The quantitative estimate of drug-likeness (QED) is 0.684. The van der Waals surface area contributed by atoms with Crippen molar-refractivity contribution in [1.82, 2.24) is 0 Å². The predicted molar refractivity (Wildman–Crippen MR) is 64.8 cm³/mol. The molecule has 0 aromatic carbocycles. The van der Waals surface area contributed by atoms with Gasteiger partial charge in [-0.3, -0.25) is 0 Å². The van der Waals surface area contributed by atoms with Gasteiger partial charge in [0.1, 0.15) is 0 Å². The minimum atomic E-state index is 0.724. The van der Waals surface area contributed by atoms with Gasteiger partial charge in [-0.2, -0.15) is 11.8 Å². The van der Waals surface area contributed by atoms with Crippen LogP contribution < -0.4 is 0 Å². The van der Waals surface area contributed by atoms with Crippen LogP contribution in [0.5, 0.6) is 0 Å². The molecule has 0 heterocycles. The number of rotatable bonds is 4. The van der Waals surface area contributed by atoms with E-state index >= 15 is 0 Å². The smallest absolute Gasteiger partial charge is 0.00958 e. The lowest BCUT2D eigenvalue weighted by molar-refractivity contribution is 0.514. The van der Waals surface area contributed by atoms with Gasteiger partial charge in [0, 0.05) is 10.6 Å². The zero-order chi connectivity index (χ0) is 9.15. The molecule has 2 saturated carbocycles. The highest BCUT2D eigenvalue weighted by atomic mass is 79.9. The second-order valence-electron chi connectivity index (χ2n) is 4.70. The number of alkyl halides is 1. The fourth-order valence-corrected chi connectivity index (χ4v) is 4.69. The molecule has 13 heavy (non-hydrogen) atoms. The summed E-state index contributed by atoms with van der Waals surface area (Å²) in [5, 5.41) is 2.24. The summed E-state index contributed by atoms with van der Waals surface area (Å²) in [4.78, 5) is 0. The van der Waals surface area contributed by atoms with Crippen molar-refractivity contribution < 1.29 is 0 Å². The van der Waals surface area contributed by atoms with Gasteiger partial charge in [0.25, 0.3) is 0 Å². The van der Waals surface area contributed by atoms with Crippen LogP contribution in [0.25, 0.3) is 0 Å². The number of thioether (sulfide) groups is 1. The molecule has 0 aromatic rings. The zero-order valence-corrected chi connectivity index (χ0v) is 10.6. The Balaban J connectivity index is 1.66. The minimum Gasteiger partial charge on any atom is -0.158 e. The molecule has 0 aromatic heterocycles. The molecule has 0 nitrogen and oxygen atoms in total. The van der Waals surface area contributed by atoms with Gasteiger partial charge in [-0.25, -0.2) is 0 Å². The molecule has 0 bridgehead atoms. The van der Waals surface area contributed by atoms with Gasteiger partial charge in [-0.1, -0.05) is 35.2 Å². The number of hydrogen-bond acceptors (Lipinski definition) is 1. The molecule has 0 aliphatic heterocycles. The van der Waals surface area contributed by atoms with Crippen molar-refractivity contribution in [1.29, 1.82) is 0 Å². The van der Waals surface area contributed by atoms with Gasteiger partial charge in [-0.05, 0) is 36.9 Å². The van der Waals surface area contributed by atoms with Crippen LogP contribution in [0.1, 0.15) is 44.9 Å². The summed E-state index contributed by atoms with van der Waals surface area (Å²) in [6.45, 7) is 0. The van der Waals surface area contributed by atoms with Crippen LogP contribution in [0.15, 0.2) is 0 Å². The van der Waals surface area contributed by atoms with E-state index in [0.29, 0.717) is 0 Å². The lowest BCUT2D eigenvalue weighted by Crippen LogP contribution is -2.13. The van der Waals surface area contributed by atoms with E-state index in [2.05, 4.69) is 27.7 Å². The van der Waals surface area contributed by atoms with Crippen molar-refractivity contribution in [3.05, 3.63) is 0 Å². The summed E-state index contributed by atoms with van der Waals surface area (Å²) >= 11 is 5.91. The van der Waals surface area contributed by atoms with E-state index in [1.54, 1.807) is 0 Å². The third-order valence-corrected chi connectivity index (χ3v) is 6.33. The second-order valence-corrected chi connectivity index (χ2v) is 6.55. The first-order chi connectivity index (χ1) is 6.35. The molecule has 76 valence electrons. The van der Waals surface area contributed by atoms with Crippen molar-refractivity contribution in [2.24, 2.45) is 5.41 Å². The molecule has 0 unspecified atom stereocenters. The summed E-state index contributed by atoms with van der Waals surface area (Å²) in [5.41, 5.74) is 0.724. The first-order valence-electron chi connectivity index (χ1n) is 5.52. The molecular weight excluding hydrogens is 244 g/mol. The maximum absolute atomic E-state index is 3.65. The van der Waals surface area contributed by atoms with Gasteiger partial charge in [-0.15, -0.1) is 0 Å². The van der Waals surface area contributed by atoms with E-state index in [-0.39, 0.29) is 0 Å². The van der Waals surface area contributed by atoms with Crippen molar-refractivity contribution in [2.45, 2.75) is 50.2 Å². The standard InChI is InChI=1S/C11H19BrS/c12-8-11(6-7-11)9-13-10-4-2-1-3-5-10/h10H,1-9H2. The second kappa shape index (κ2) is 4.57. The Bertz CT molecular complexity index is 159. The van der Waals surface area contributed by atoms with Crippen molar-refractivity contribution in [2.75, 3.05) is 11.1 Å². The van der Waals surface area contributed by atoms with Crippen LogP contribution in [0.4, 0.5) is 0 Å². The maximum Gasteiger partial charge on any atom is 0.00958 e. The monoisotopic (exact) mass is 262 g/mol. The van der Waals surface area contributed by atoms with Crippen LogP contribution in [0.3, 0.4) is 0 Å². The minimum absolute atomic E-state index is 0.724. The summed E-state index contributed by atoms with van der Waals surface area (Å²) in [5.74, 6) is 1.42. The SMILES string of the molecule is BrCC1(CSC2CCCCC2)CC1. The molecule has 2 rings (SSSR count). The average molecular weight is 263 g/mol. The van der Waals surface area contributed by atoms with Gasteiger partial charge in [0.2, 0.25) is 0 Å². The topological polar surface area (TPSA) is 0 Å². The van der Waals surface area contributed by atoms with Crippen molar-refractivity contribution in [3.63, 3.8) is 0 Å². The summed E-state index contributed by atoms with van der Waals surface area (Å²) in [7, 11) is 0. The lowest BCUT2D eigenvalue weighted by atomic mass is 10.0. The van der Waals surface area contributed by atoms with Crippen LogP contribution in [0.2, 0.25) is 0 Å². The molecular formula is C11H19BrS. The van der Waals surface area contributed by atoms with Crippen LogP contribution in [-0.4, -0.2) is 16.3 Å². The summed E-state index contributed by atoms with van der Waals surface area (Å²) in [6.07, 6.45) is 10.4. The fourth-order valence-electron chi connectivity index (χ4n) is 2.02. The Morgan fingerprint density at radius 3 is 2.38 bits per heavy atom. The number of halogens is 1. The molecule has 0 radical (unpaired) electrons. The van der Waals surface area contributed by atoms with Crippen molar-refractivity contribution >= 4 is 27.7 Å². The largest absolute Gasteiger partial charge is 0.158 e. The highest BCUT2D eigenvalue weighted by Gasteiger charge is 2.41. The summed E-state index contributed by atoms with van der Waals surface area (Å²) < 4.78 is 0. The molecule has 2 heteroatoms. The molecule has 2 aliphatic rings. The fraction of sp³-hybridized carbons (Fsp3) is 1.00. The van der Waals surface area contributed by atoms with E-state index in [1.165, 1.54) is 56.0 Å². The first-order valence-corrected chi connectivity index (χ1v) is 7.69. The Kier molecular flexibility index (Phi) is 3.64. The predicted octanol–water partition coefficient (Wildman–Crippen LogP) is 4.23. The average Bonchev–Trinajstić information content (AvgIpc) is 2.97. The Labute approximate surface area is 94.4 Å². The van der Waals surface area contributed by atoms with Crippen molar-refractivity contribution in [3.8, 4) is 0 Å². The van der Waals surface area contributed by atoms with E-state index in [1.807, 2.05) is 0 Å². The van der Waals surface area contributed by atoms with E-state index in [0.717, 1.165) is 10.7 Å². The zero-order valence-electron chi connectivity index (χ0n) is 8.23. The third kappa shape index (κ3) is 2.89. The molecule has 0 saturated heterocycles. The normalized spacial score (nSPS) is 27.5.